The second-order valence-corrected chi connectivity index (χ2v) is 11.8. The third kappa shape index (κ3) is 7.40. The van der Waals surface area contributed by atoms with Crippen molar-refractivity contribution in [2.75, 3.05) is 16.8 Å². The molecule has 5 rings (SSSR count). The topological polar surface area (TPSA) is 100 Å². The summed E-state index contributed by atoms with van der Waals surface area (Å²) in [5.74, 6) is 1.01. The number of nitrogens with one attached hydrogen (secondary N) is 2. The highest BCUT2D eigenvalue weighted by Crippen LogP contribution is 2.38. The number of benzene rings is 2. The first-order valence-corrected chi connectivity index (χ1v) is 15.6. The molecule has 5 aromatic rings. The lowest BCUT2D eigenvalue weighted by molar-refractivity contribution is 0.256. The van der Waals surface area contributed by atoms with Crippen LogP contribution in [0.4, 0.5) is 16.2 Å². The molecule has 0 bridgehead atoms. The van der Waals surface area contributed by atoms with E-state index < -0.39 is 0 Å². The normalized spacial score (nSPS) is 11.3. The van der Waals surface area contributed by atoms with Crippen LogP contribution >= 0.6 is 0 Å². The van der Waals surface area contributed by atoms with Gasteiger partial charge in [0.1, 0.15) is 23.7 Å². The average Bonchev–Trinajstić information content (AvgIpc) is 3.04. The number of urea groups is 1. The van der Waals surface area contributed by atoms with Gasteiger partial charge in [-0.2, -0.15) is 0 Å². The molecule has 3 aromatic heterocycles. The van der Waals surface area contributed by atoms with E-state index in [1.807, 2.05) is 48.5 Å². The maximum Gasteiger partial charge on any atom is 0.326 e. The second-order valence-electron chi connectivity index (χ2n) is 11.8. The number of nitrogens with zero attached hydrogens (tertiary/aromatic N) is 3. The number of H-pyrrole nitrogens is 1. The van der Waals surface area contributed by atoms with Gasteiger partial charge in [-0.05, 0) is 95.1 Å². The molecule has 0 unspecified atom stereocenters. The van der Waals surface area contributed by atoms with Crippen molar-refractivity contribution in [3.05, 3.63) is 112 Å². The number of aromatic amines is 1. The molecule has 0 saturated carbocycles. The van der Waals surface area contributed by atoms with E-state index in [0.29, 0.717) is 24.5 Å². The van der Waals surface area contributed by atoms with E-state index in [9.17, 15) is 9.59 Å². The number of ether oxygens (including phenoxy) is 1. The standard InChI is InChI=1S/C37H41N5O3/c1-6-7-18-42(33-22-27-13-11-17-39-35(27)41-36(33)43)37(44)40-34-31(24(2)3)20-28(21-32(34)25(4)5)26-12-10-15-30(19-26)45-23-29-14-8-9-16-38-29/h8-17,19-22,24-25H,6-7,18,23H2,1-5H3,(H,40,44)(H,39,41,43). The fourth-order valence-electron chi connectivity index (χ4n) is 5.36. The van der Waals surface area contributed by atoms with E-state index in [-0.39, 0.29) is 23.4 Å². The van der Waals surface area contributed by atoms with Crippen LogP contribution < -0.4 is 20.5 Å². The van der Waals surface area contributed by atoms with Gasteiger partial charge in [0.2, 0.25) is 0 Å². The Hall–Kier alpha value is -4.98. The second kappa shape index (κ2) is 14.2. The molecule has 0 aliphatic carbocycles. The van der Waals surface area contributed by atoms with Crippen LogP contribution in [-0.4, -0.2) is 27.5 Å². The molecule has 45 heavy (non-hydrogen) atoms. The molecular formula is C37H41N5O3. The number of rotatable bonds is 11. The lowest BCUT2D eigenvalue weighted by atomic mass is 9.88. The number of anilines is 2. The van der Waals surface area contributed by atoms with Crippen molar-refractivity contribution in [3.63, 3.8) is 0 Å². The van der Waals surface area contributed by atoms with Crippen molar-refractivity contribution in [2.45, 2.75) is 65.9 Å². The van der Waals surface area contributed by atoms with Crippen LogP contribution in [0.25, 0.3) is 22.2 Å². The van der Waals surface area contributed by atoms with Gasteiger partial charge in [-0.15, -0.1) is 0 Å². The van der Waals surface area contributed by atoms with Gasteiger partial charge in [0.05, 0.1) is 5.69 Å². The van der Waals surface area contributed by atoms with Gasteiger partial charge in [-0.3, -0.25) is 14.7 Å². The molecule has 8 nitrogen and oxygen atoms in total. The van der Waals surface area contributed by atoms with Crippen molar-refractivity contribution >= 4 is 28.4 Å². The quantitative estimate of drug-likeness (QED) is 0.157. The van der Waals surface area contributed by atoms with Gasteiger partial charge >= 0.3 is 6.03 Å². The number of hydrogen-bond donors (Lipinski definition) is 2. The van der Waals surface area contributed by atoms with Gasteiger partial charge < -0.3 is 15.0 Å². The summed E-state index contributed by atoms with van der Waals surface area (Å²) >= 11 is 0. The number of carbonyl (C=O) groups is 1. The number of carbonyl (C=O) groups excluding carboxylic acids is 1. The van der Waals surface area contributed by atoms with Crippen LogP contribution in [0.3, 0.4) is 0 Å². The van der Waals surface area contributed by atoms with Crippen LogP contribution in [0.15, 0.2) is 90.0 Å². The van der Waals surface area contributed by atoms with E-state index in [1.54, 1.807) is 23.4 Å². The Morgan fingerprint density at radius 2 is 1.64 bits per heavy atom. The van der Waals surface area contributed by atoms with Crippen molar-refractivity contribution in [2.24, 2.45) is 0 Å². The Morgan fingerprint density at radius 3 is 2.33 bits per heavy atom. The summed E-state index contributed by atoms with van der Waals surface area (Å²) in [6.45, 7) is 11.4. The molecule has 0 saturated heterocycles. The fourth-order valence-corrected chi connectivity index (χ4v) is 5.36. The first kappa shape index (κ1) is 31.4. The number of hydrogen-bond acceptors (Lipinski definition) is 5. The van der Waals surface area contributed by atoms with Gasteiger partial charge in [0, 0.05) is 30.0 Å². The van der Waals surface area contributed by atoms with Crippen LogP contribution in [0.5, 0.6) is 5.75 Å². The van der Waals surface area contributed by atoms with E-state index in [4.69, 9.17) is 4.74 Å². The molecule has 0 aliphatic heterocycles. The molecule has 0 aliphatic rings. The molecular weight excluding hydrogens is 562 g/mol. The zero-order chi connectivity index (χ0) is 31.9. The molecule has 0 atom stereocenters. The monoisotopic (exact) mass is 603 g/mol. The molecule has 3 heterocycles. The maximum absolute atomic E-state index is 14.1. The maximum atomic E-state index is 14.1. The summed E-state index contributed by atoms with van der Waals surface area (Å²) < 4.78 is 6.07. The zero-order valence-electron chi connectivity index (χ0n) is 26.6. The minimum atomic E-state index is -0.346. The third-order valence-electron chi connectivity index (χ3n) is 7.82. The van der Waals surface area contributed by atoms with Crippen molar-refractivity contribution in [1.82, 2.24) is 15.0 Å². The molecule has 2 N–H and O–H groups in total. The smallest absolute Gasteiger partial charge is 0.326 e. The molecule has 0 radical (unpaired) electrons. The van der Waals surface area contributed by atoms with Gasteiger partial charge in [0.25, 0.3) is 5.56 Å². The van der Waals surface area contributed by atoms with Gasteiger partial charge in [-0.1, -0.05) is 59.2 Å². The van der Waals surface area contributed by atoms with Crippen molar-refractivity contribution in [3.8, 4) is 16.9 Å². The first-order valence-electron chi connectivity index (χ1n) is 15.6. The molecule has 0 spiro atoms. The Morgan fingerprint density at radius 1 is 0.889 bits per heavy atom. The number of pyridine rings is 3. The Balaban J connectivity index is 1.50. The summed E-state index contributed by atoms with van der Waals surface area (Å²) in [7, 11) is 0. The molecule has 0 fully saturated rings. The molecule has 8 heteroatoms. The summed E-state index contributed by atoms with van der Waals surface area (Å²) in [6, 6.07) is 23.2. The average molecular weight is 604 g/mol. The highest BCUT2D eigenvalue weighted by molar-refractivity contribution is 6.03. The highest BCUT2D eigenvalue weighted by Gasteiger charge is 2.24. The van der Waals surface area contributed by atoms with Crippen LogP contribution in [0.2, 0.25) is 0 Å². The number of unbranched alkanes of at least 4 members (excludes halogenated alkanes) is 1. The Bertz CT molecular complexity index is 1800. The fraction of sp³-hybridized carbons (Fsp3) is 0.297. The Labute approximate surface area is 264 Å². The van der Waals surface area contributed by atoms with Gasteiger partial charge in [0.15, 0.2) is 0 Å². The minimum Gasteiger partial charge on any atom is -0.487 e. The molecule has 232 valence electrons. The largest absolute Gasteiger partial charge is 0.487 e. The summed E-state index contributed by atoms with van der Waals surface area (Å²) in [6.07, 6.45) is 5.03. The van der Waals surface area contributed by atoms with E-state index in [1.165, 1.54) is 0 Å². The minimum absolute atomic E-state index is 0.126. The van der Waals surface area contributed by atoms with Gasteiger partial charge in [-0.25, -0.2) is 9.78 Å². The van der Waals surface area contributed by atoms with Crippen molar-refractivity contribution in [1.29, 1.82) is 0 Å². The lowest BCUT2D eigenvalue weighted by Gasteiger charge is -2.27. The molecule has 2 amide bonds. The highest BCUT2D eigenvalue weighted by atomic mass is 16.5. The predicted octanol–water partition coefficient (Wildman–Crippen LogP) is 8.65. The SMILES string of the molecule is CCCCN(C(=O)Nc1c(C(C)C)cc(-c2cccc(OCc3ccccn3)c2)cc1C(C)C)c1cc2cccnc2[nH]c1=O. The van der Waals surface area contributed by atoms with E-state index in [2.05, 4.69) is 73.1 Å². The predicted molar refractivity (Wildman–Crippen MR) is 182 cm³/mol. The molecule has 2 aromatic carbocycles. The van der Waals surface area contributed by atoms with Crippen LogP contribution in [0.1, 0.15) is 76.1 Å². The Kier molecular flexibility index (Phi) is 9.92. The number of fused-ring (bicyclic) bond motifs is 1. The first-order chi connectivity index (χ1) is 21.7. The third-order valence-corrected chi connectivity index (χ3v) is 7.82. The van der Waals surface area contributed by atoms with Crippen molar-refractivity contribution < 1.29 is 9.53 Å². The zero-order valence-corrected chi connectivity index (χ0v) is 26.6. The van der Waals surface area contributed by atoms with Crippen LogP contribution in [-0.2, 0) is 6.61 Å². The van der Waals surface area contributed by atoms with Crippen LogP contribution in [0, 0.1) is 0 Å². The summed E-state index contributed by atoms with van der Waals surface area (Å²) in [5.41, 5.74) is 6.22. The lowest BCUT2D eigenvalue weighted by Crippen LogP contribution is -2.39. The summed E-state index contributed by atoms with van der Waals surface area (Å²) in [5, 5.41) is 4.01. The van der Waals surface area contributed by atoms with E-state index in [0.717, 1.165) is 57.6 Å². The van der Waals surface area contributed by atoms with E-state index >= 15 is 0 Å². The number of aromatic nitrogens is 3. The summed E-state index contributed by atoms with van der Waals surface area (Å²) in [4.78, 5) is 40.2. The number of amides is 2.